The Balaban J connectivity index is 2.95. The van der Waals surface area contributed by atoms with Gasteiger partial charge in [0.2, 0.25) is 0 Å². The zero-order valence-corrected chi connectivity index (χ0v) is 10.7. The predicted molar refractivity (Wildman–Crippen MR) is 60.3 cm³/mol. The maximum absolute atomic E-state index is 12.1. The monoisotopic (exact) mass is 330 g/mol. The van der Waals surface area contributed by atoms with Gasteiger partial charge in [-0.3, -0.25) is 4.79 Å². The molecule has 0 amide bonds. The van der Waals surface area contributed by atoms with E-state index in [0.29, 0.717) is 5.56 Å². The number of Topliss-reactive ketones (excluding diaryl/α,β-unsaturated/α-hetero) is 1. The van der Waals surface area contributed by atoms with Crippen molar-refractivity contribution in [1.82, 2.24) is 0 Å². The number of ketones is 1. The fraction of sp³-hybridized carbons (Fsp3) is 0.300. The lowest BCUT2D eigenvalue weighted by atomic mass is 10.1. The molecule has 1 aromatic carbocycles. The summed E-state index contributed by atoms with van der Waals surface area (Å²) in [6.07, 6.45) is -4.81. The quantitative estimate of drug-likeness (QED) is 0.787. The maximum Gasteiger partial charge on any atom is 0.573 e. The molecule has 2 nitrogen and oxygen atoms in total. The van der Waals surface area contributed by atoms with Crippen LogP contribution in [0.5, 0.6) is 5.75 Å². The number of ether oxygens (including phenoxy) is 1. The van der Waals surface area contributed by atoms with E-state index in [2.05, 4.69) is 20.7 Å². The standard InChI is InChI=1S/C10H7BrClF3O2/c11-9-6(4-7(16)5-12)2-1-3-8(9)17-10(13,14)15/h1-3H,4-5H2. The van der Waals surface area contributed by atoms with E-state index in [1.807, 2.05) is 0 Å². The maximum atomic E-state index is 12.1. The van der Waals surface area contributed by atoms with E-state index in [4.69, 9.17) is 11.6 Å². The van der Waals surface area contributed by atoms with Crippen molar-refractivity contribution in [2.75, 3.05) is 5.88 Å². The van der Waals surface area contributed by atoms with Gasteiger partial charge in [-0.25, -0.2) is 0 Å². The van der Waals surface area contributed by atoms with Crippen molar-refractivity contribution in [1.29, 1.82) is 0 Å². The van der Waals surface area contributed by atoms with Gasteiger partial charge in [-0.1, -0.05) is 12.1 Å². The molecule has 0 heterocycles. The Morgan fingerprint density at radius 1 is 1.41 bits per heavy atom. The number of hydrogen-bond donors (Lipinski definition) is 0. The Morgan fingerprint density at radius 2 is 2.06 bits per heavy atom. The van der Waals surface area contributed by atoms with Gasteiger partial charge < -0.3 is 4.74 Å². The minimum Gasteiger partial charge on any atom is -0.405 e. The molecule has 0 saturated carbocycles. The third kappa shape index (κ3) is 4.55. The molecule has 0 spiro atoms. The highest BCUT2D eigenvalue weighted by Crippen LogP contribution is 2.33. The van der Waals surface area contributed by atoms with E-state index in [-0.39, 0.29) is 28.3 Å². The van der Waals surface area contributed by atoms with E-state index < -0.39 is 6.36 Å². The Kier molecular flexibility index (Phi) is 4.82. The second-order valence-electron chi connectivity index (χ2n) is 3.13. The van der Waals surface area contributed by atoms with Gasteiger partial charge in [-0.2, -0.15) is 0 Å². The lowest BCUT2D eigenvalue weighted by Crippen LogP contribution is -2.17. The molecule has 0 aromatic heterocycles. The smallest absolute Gasteiger partial charge is 0.405 e. The summed E-state index contributed by atoms with van der Waals surface area (Å²) >= 11 is 8.30. The molecule has 0 fully saturated rings. The molecular weight excluding hydrogens is 324 g/mol. The third-order valence-electron chi connectivity index (χ3n) is 1.81. The minimum absolute atomic E-state index is 0.0425. The topological polar surface area (TPSA) is 26.3 Å². The second kappa shape index (κ2) is 5.73. The number of hydrogen-bond acceptors (Lipinski definition) is 2. The van der Waals surface area contributed by atoms with Crippen molar-refractivity contribution in [2.24, 2.45) is 0 Å². The molecule has 0 bridgehead atoms. The van der Waals surface area contributed by atoms with E-state index in [9.17, 15) is 18.0 Å². The summed E-state index contributed by atoms with van der Waals surface area (Å²) in [7, 11) is 0. The van der Waals surface area contributed by atoms with Crippen LogP contribution in [0.25, 0.3) is 0 Å². The van der Waals surface area contributed by atoms with Gasteiger partial charge in [0.05, 0.1) is 10.4 Å². The summed E-state index contributed by atoms with van der Waals surface area (Å²) in [5.74, 6) is -0.842. The summed E-state index contributed by atoms with van der Waals surface area (Å²) in [5, 5.41) is 0. The first-order chi connectivity index (χ1) is 7.83. The van der Waals surface area contributed by atoms with Crippen molar-refractivity contribution < 1.29 is 22.7 Å². The third-order valence-corrected chi connectivity index (χ3v) is 3.00. The van der Waals surface area contributed by atoms with Crippen LogP contribution in [-0.4, -0.2) is 18.0 Å². The molecule has 0 aliphatic heterocycles. The largest absolute Gasteiger partial charge is 0.573 e. The van der Waals surface area contributed by atoms with Crippen LogP contribution < -0.4 is 4.74 Å². The Morgan fingerprint density at radius 3 is 2.59 bits per heavy atom. The molecule has 0 radical (unpaired) electrons. The predicted octanol–water partition coefficient (Wildman–Crippen LogP) is 3.70. The van der Waals surface area contributed by atoms with Gasteiger partial charge >= 0.3 is 6.36 Å². The highest BCUT2D eigenvalue weighted by Gasteiger charge is 2.32. The highest BCUT2D eigenvalue weighted by molar-refractivity contribution is 9.10. The van der Waals surface area contributed by atoms with E-state index in [1.165, 1.54) is 12.1 Å². The van der Waals surface area contributed by atoms with Gasteiger partial charge in [0.15, 0.2) is 5.78 Å². The van der Waals surface area contributed by atoms with E-state index >= 15 is 0 Å². The number of carbonyl (C=O) groups excluding carboxylic acids is 1. The van der Waals surface area contributed by atoms with Crippen LogP contribution >= 0.6 is 27.5 Å². The van der Waals surface area contributed by atoms with Crippen molar-refractivity contribution in [3.05, 3.63) is 28.2 Å². The van der Waals surface area contributed by atoms with Crippen molar-refractivity contribution in [3.63, 3.8) is 0 Å². The molecule has 0 N–H and O–H groups in total. The molecule has 1 rings (SSSR count). The number of benzene rings is 1. The number of rotatable bonds is 4. The normalized spacial score (nSPS) is 11.4. The van der Waals surface area contributed by atoms with Crippen LogP contribution in [0.3, 0.4) is 0 Å². The average Bonchev–Trinajstić information content (AvgIpc) is 2.22. The molecule has 17 heavy (non-hydrogen) atoms. The van der Waals surface area contributed by atoms with Crippen LogP contribution in [0, 0.1) is 0 Å². The van der Waals surface area contributed by atoms with Gasteiger partial charge in [-0.05, 0) is 27.6 Å². The molecule has 0 aliphatic rings. The summed E-state index contributed by atoms with van der Waals surface area (Å²) < 4.78 is 40.1. The molecular formula is C10H7BrClF3O2. The summed E-state index contributed by atoms with van der Waals surface area (Å²) in [6.45, 7) is 0. The number of carbonyl (C=O) groups is 1. The SMILES string of the molecule is O=C(CCl)Cc1cccc(OC(F)(F)F)c1Br. The fourth-order valence-electron chi connectivity index (χ4n) is 1.16. The van der Waals surface area contributed by atoms with Gasteiger partial charge in [0.1, 0.15) is 5.75 Å². The Bertz CT molecular complexity index is 421. The zero-order valence-electron chi connectivity index (χ0n) is 8.35. The molecule has 0 saturated heterocycles. The van der Waals surface area contributed by atoms with E-state index in [0.717, 1.165) is 6.07 Å². The van der Waals surface area contributed by atoms with Crippen LogP contribution in [0.2, 0.25) is 0 Å². The first-order valence-corrected chi connectivity index (χ1v) is 5.77. The molecule has 0 unspecified atom stereocenters. The number of alkyl halides is 4. The van der Waals surface area contributed by atoms with Crippen LogP contribution in [0.4, 0.5) is 13.2 Å². The molecule has 0 atom stereocenters. The molecule has 0 aliphatic carbocycles. The lowest BCUT2D eigenvalue weighted by molar-refractivity contribution is -0.274. The average molecular weight is 332 g/mol. The summed E-state index contributed by atoms with van der Waals surface area (Å²) in [6, 6.07) is 4.06. The van der Waals surface area contributed by atoms with Crippen LogP contribution in [0.1, 0.15) is 5.56 Å². The van der Waals surface area contributed by atoms with Gasteiger partial charge in [0.25, 0.3) is 0 Å². The second-order valence-corrected chi connectivity index (χ2v) is 4.19. The molecule has 7 heteroatoms. The van der Waals surface area contributed by atoms with Crippen LogP contribution in [0.15, 0.2) is 22.7 Å². The molecule has 94 valence electrons. The summed E-state index contributed by atoms with van der Waals surface area (Å²) in [4.78, 5) is 11.1. The van der Waals surface area contributed by atoms with Crippen LogP contribution in [-0.2, 0) is 11.2 Å². The summed E-state index contributed by atoms with van der Waals surface area (Å²) in [5.41, 5.74) is 0.400. The minimum atomic E-state index is -4.77. The first kappa shape index (κ1) is 14.3. The first-order valence-electron chi connectivity index (χ1n) is 4.44. The van der Waals surface area contributed by atoms with E-state index in [1.54, 1.807) is 0 Å². The molecule has 1 aromatic rings. The van der Waals surface area contributed by atoms with Gasteiger partial charge in [-0.15, -0.1) is 24.8 Å². The Hall–Kier alpha value is -0.750. The lowest BCUT2D eigenvalue weighted by Gasteiger charge is -2.12. The van der Waals surface area contributed by atoms with Crippen molar-refractivity contribution in [3.8, 4) is 5.75 Å². The highest BCUT2D eigenvalue weighted by atomic mass is 79.9. The van der Waals surface area contributed by atoms with Crippen molar-refractivity contribution in [2.45, 2.75) is 12.8 Å². The fourth-order valence-corrected chi connectivity index (χ4v) is 1.74. The van der Waals surface area contributed by atoms with Gasteiger partial charge in [0, 0.05) is 6.42 Å². The Labute approximate surface area is 109 Å². The zero-order chi connectivity index (χ0) is 13.1. The number of halogens is 5. The van der Waals surface area contributed by atoms with Crippen molar-refractivity contribution >= 4 is 33.3 Å².